The van der Waals surface area contributed by atoms with Crippen molar-refractivity contribution >= 4 is 23.0 Å². The normalized spacial score (nSPS) is 10.9. The number of para-hydroxylation sites is 2. The molecule has 0 radical (unpaired) electrons. The number of aromatic nitrogens is 1. The summed E-state index contributed by atoms with van der Waals surface area (Å²) in [4.78, 5) is 16.6. The molecule has 0 aliphatic carbocycles. The number of carbonyl (C=O) groups excluding carboxylic acids is 1. The van der Waals surface area contributed by atoms with Crippen LogP contribution in [0.2, 0.25) is 0 Å². The van der Waals surface area contributed by atoms with Gasteiger partial charge in [0.15, 0.2) is 0 Å². The quantitative estimate of drug-likeness (QED) is 0.579. The lowest BCUT2D eigenvalue weighted by Gasteiger charge is -2.08. The molecular formula is C19H17N3O2. The van der Waals surface area contributed by atoms with Crippen molar-refractivity contribution in [3.05, 3.63) is 71.9 Å². The number of nitrogens with zero attached hydrogens (tertiary/aromatic N) is 2. The van der Waals surface area contributed by atoms with E-state index >= 15 is 0 Å². The molecule has 5 nitrogen and oxygen atoms in total. The van der Waals surface area contributed by atoms with Crippen molar-refractivity contribution < 1.29 is 9.53 Å². The van der Waals surface area contributed by atoms with Gasteiger partial charge in [-0.3, -0.25) is 9.78 Å². The summed E-state index contributed by atoms with van der Waals surface area (Å²) in [5, 5.41) is 5.07. The third-order valence-electron chi connectivity index (χ3n) is 3.47. The Morgan fingerprint density at radius 3 is 2.88 bits per heavy atom. The summed E-state index contributed by atoms with van der Waals surface area (Å²) in [5.74, 6) is 0.225. The number of rotatable bonds is 5. The van der Waals surface area contributed by atoms with Crippen LogP contribution in [0, 0.1) is 0 Å². The zero-order valence-corrected chi connectivity index (χ0v) is 13.3. The number of amides is 1. The molecular weight excluding hydrogens is 302 g/mol. The Hall–Kier alpha value is -3.21. The zero-order chi connectivity index (χ0) is 16.8. The van der Waals surface area contributed by atoms with Gasteiger partial charge < -0.3 is 4.74 Å². The highest BCUT2D eigenvalue weighted by Crippen LogP contribution is 2.18. The van der Waals surface area contributed by atoms with Gasteiger partial charge in [0.05, 0.1) is 23.9 Å². The Bertz CT molecular complexity index is 885. The number of nitrogens with one attached hydrogen (secondary N) is 1. The van der Waals surface area contributed by atoms with Gasteiger partial charge in [-0.1, -0.05) is 36.4 Å². The van der Waals surface area contributed by atoms with E-state index < -0.39 is 0 Å². The van der Waals surface area contributed by atoms with E-state index in [1.807, 2.05) is 43.3 Å². The summed E-state index contributed by atoms with van der Waals surface area (Å²) < 4.78 is 5.46. The van der Waals surface area contributed by atoms with Crippen molar-refractivity contribution in [1.82, 2.24) is 10.4 Å². The van der Waals surface area contributed by atoms with Crippen LogP contribution < -0.4 is 10.2 Å². The monoisotopic (exact) mass is 319 g/mol. The first kappa shape index (κ1) is 15.7. The molecule has 3 aromatic rings. The SMILES string of the molecule is CCOc1ccccc1C(=O)N/N=C\c1cccc2cccnc12. The minimum absolute atomic E-state index is 0.316. The molecule has 2 aromatic carbocycles. The Kier molecular flexibility index (Phi) is 4.81. The summed E-state index contributed by atoms with van der Waals surface area (Å²) in [6, 6.07) is 16.8. The maximum Gasteiger partial charge on any atom is 0.275 e. The van der Waals surface area contributed by atoms with Gasteiger partial charge in [-0.05, 0) is 25.1 Å². The minimum atomic E-state index is -0.316. The minimum Gasteiger partial charge on any atom is -0.493 e. The second kappa shape index (κ2) is 7.37. The van der Waals surface area contributed by atoms with Crippen LogP contribution in [0.15, 0.2) is 65.9 Å². The van der Waals surface area contributed by atoms with E-state index in [1.54, 1.807) is 30.6 Å². The lowest BCUT2D eigenvalue weighted by molar-refractivity contribution is 0.0951. The van der Waals surface area contributed by atoms with Crippen LogP contribution in [0.1, 0.15) is 22.8 Å². The van der Waals surface area contributed by atoms with Gasteiger partial charge in [-0.25, -0.2) is 5.43 Å². The molecule has 0 aliphatic rings. The standard InChI is InChI=1S/C19H17N3O2/c1-2-24-17-11-4-3-10-16(17)19(23)22-21-13-15-8-5-7-14-9-6-12-20-18(14)15/h3-13H,2H2,1H3,(H,22,23)/b21-13-. The van der Waals surface area contributed by atoms with Crippen molar-refractivity contribution in [2.75, 3.05) is 6.61 Å². The number of ether oxygens (including phenoxy) is 1. The maximum absolute atomic E-state index is 12.3. The fourth-order valence-electron chi connectivity index (χ4n) is 2.39. The third kappa shape index (κ3) is 3.41. The summed E-state index contributed by atoms with van der Waals surface area (Å²) in [5.41, 5.74) is 4.66. The highest BCUT2D eigenvalue weighted by atomic mass is 16.5. The van der Waals surface area contributed by atoms with Crippen molar-refractivity contribution in [2.24, 2.45) is 5.10 Å². The predicted octanol–water partition coefficient (Wildman–Crippen LogP) is 3.40. The van der Waals surface area contributed by atoms with Gasteiger partial charge in [-0.15, -0.1) is 0 Å². The van der Waals surface area contributed by atoms with Crippen molar-refractivity contribution in [3.63, 3.8) is 0 Å². The largest absolute Gasteiger partial charge is 0.493 e. The molecule has 120 valence electrons. The highest BCUT2D eigenvalue weighted by Gasteiger charge is 2.10. The Balaban J connectivity index is 1.78. The summed E-state index contributed by atoms with van der Waals surface area (Å²) in [6.07, 6.45) is 3.33. The van der Waals surface area contributed by atoms with Crippen LogP contribution in [-0.4, -0.2) is 23.7 Å². The first-order chi connectivity index (χ1) is 11.8. The predicted molar refractivity (Wildman–Crippen MR) is 94.4 cm³/mol. The van der Waals surface area contributed by atoms with E-state index in [0.717, 1.165) is 16.5 Å². The van der Waals surface area contributed by atoms with Crippen LogP contribution in [0.4, 0.5) is 0 Å². The fourth-order valence-corrected chi connectivity index (χ4v) is 2.39. The Labute approximate surface area is 140 Å². The fraction of sp³-hybridized carbons (Fsp3) is 0.105. The van der Waals surface area contributed by atoms with Gasteiger partial charge >= 0.3 is 0 Å². The molecule has 1 N–H and O–H groups in total. The lowest BCUT2D eigenvalue weighted by Crippen LogP contribution is -2.18. The van der Waals surface area contributed by atoms with Gasteiger partial charge in [-0.2, -0.15) is 5.10 Å². The number of hydrogen-bond donors (Lipinski definition) is 1. The number of pyridine rings is 1. The van der Waals surface area contributed by atoms with Crippen LogP contribution in [0.5, 0.6) is 5.75 Å². The van der Waals surface area contributed by atoms with Gasteiger partial charge in [0.1, 0.15) is 5.75 Å². The van der Waals surface area contributed by atoms with Crippen LogP contribution in [-0.2, 0) is 0 Å². The van der Waals surface area contributed by atoms with E-state index in [2.05, 4.69) is 15.5 Å². The molecule has 0 saturated heterocycles. The number of hydrazone groups is 1. The van der Waals surface area contributed by atoms with Gasteiger partial charge in [0, 0.05) is 17.1 Å². The number of benzene rings is 2. The zero-order valence-electron chi connectivity index (χ0n) is 13.3. The average Bonchev–Trinajstić information content (AvgIpc) is 2.62. The topological polar surface area (TPSA) is 63.6 Å². The second-order valence-electron chi connectivity index (χ2n) is 5.05. The van der Waals surface area contributed by atoms with Crippen molar-refractivity contribution in [2.45, 2.75) is 6.92 Å². The van der Waals surface area contributed by atoms with Crippen LogP contribution in [0.25, 0.3) is 10.9 Å². The third-order valence-corrected chi connectivity index (χ3v) is 3.47. The van der Waals surface area contributed by atoms with E-state index in [-0.39, 0.29) is 5.91 Å². The molecule has 0 unspecified atom stereocenters. The molecule has 0 spiro atoms. The lowest BCUT2D eigenvalue weighted by atomic mass is 10.1. The molecule has 0 fully saturated rings. The molecule has 0 atom stereocenters. The van der Waals surface area contributed by atoms with E-state index in [1.165, 1.54) is 0 Å². The smallest absolute Gasteiger partial charge is 0.275 e. The maximum atomic E-state index is 12.3. The summed E-state index contributed by atoms with van der Waals surface area (Å²) in [6.45, 7) is 2.37. The molecule has 0 aliphatic heterocycles. The first-order valence-corrected chi connectivity index (χ1v) is 7.68. The summed E-state index contributed by atoms with van der Waals surface area (Å²) in [7, 11) is 0. The molecule has 1 heterocycles. The molecule has 1 amide bonds. The van der Waals surface area contributed by atoms with Gasteiger partial charge in [0.2, 0.25) is 0 Å². The molecule has 5 heteroatoms. The Morgan fingerprint density at radius 2 is 2.00 bits per heavy atom. The Morgan fingerprint density at radius 1 is 1.17 bits per heavy atom. The number of hydrogen-bond acceptors (Lipinski definition) is 4. The average molecular weight is 319 g/mol. The number of fused-ring (bicyclic) bond motifs is 1. The molecule has 0 bridgehead atoms. The van der Waals surface area contributed by atoms with Crippen molar-refractivity contribution in [3.8, 4) is 5.75 Å². The van der Waals surface area contributed by atoms with Gasteiger partial charge in [0.25, 0.3) is 5.91 Å². The second-order valence-corrected chi connectivity index (χ2v) is 5.05. The first-order valence-electron chi connectivity index (χ1n) is 7.68. The molecule has 3 rings (SSSR count). The van der Waals surface area contributed by atoms with E-state index in [4.69, 9.17) is 4.74 Å². The van der Waals surface area contributed by atoms with E-state index in [0.29, 0.717) is 17.9 Å². The van der Waals surface area contributed by atoms with Crippen LogP contribution >= 0.6 is 0 Å². The number of carbonyl (C=O) groups is 1. The summed E-state index contributed by atoms with van der Waals surface area (Å²) >= 11 is 0. The molecule has 1 aromatic heterocycles. The highest BCUT2D eigenvalue weighted by molar-refractivity contribution is 5.99. The van der Waals surface area contributed by atoms with E-state index in [9.17, 15) is 4.79 Å². The molecule has 0 saturated carbocycles. The van der Waals surface area contributed by atoms with Crippen LogP contribution in [0.3, 0.4) is 0 Å². The van der Waals surface area contributed by atoms with Crippen molar-refractivity contribution in [1.29, 1.82) is 0 Å². The molecule has 24 heavy (non-hydrogen) atoms.